The quantitative estimate of drug-likeness (QED) is 0.802. The SMILES string of the molecule is COC1(CNc2cccc(Cl)n2)CCC1. The molecule has 0 amide bonds. The maximum atomic E-state index is 5.79. The van der Waals surface area contributed by atoms with Crippen molar-refractivity contribution in [2.45, 2.75) is 24.9 Å². The monoisotopic (exact) mass is 226 g/mol. The third-order valence-electron chi connectivity index (χ3n) is 3.00. The molecule has 82 valence electrons. The van der Waals surface area contributed by atoms with Gasteiger partial charge < -0.3 is 10.1 Å². The number of halogens is 1. The van der Waals surface area contributed by atoms with Crippen LogP contribution in [0, 0.1) is 0 Å². The third kappa shape index (κ3) is 2.41. The molecule has 2 rings (SSSR count). The van der Waals surface area contributed by atoms with E-state index in [0.29, 0.717) is 5.15 Å². The zero-order valence-electron chi connectivity index (χ0n) is 8.79. The van der Waals surface area contributed by atoms with E-state index in [-0.39, 0.29) is 5.60 Å². The maximum Gasteiger partial charge on any atom is 0.131 e. The van der Waals surface area contributed by atoms with E-state index in [1.165, 1.54) is 6.42 Å². The van der Waals surface area contributed by atoms with Crippen molar-refractivity contribution in [2.24, 2.45) is 0 Å². The minimum absolute atomic E-state index is 0.0179. The van der Waals surface area contributed by atoms with Crippen LogP contribution < -0.4 is 5.32 Å². The molecule has 1 aromatic rings. The zero-order valence-corrected chi connectivity index (χ0v) is 9.55. The summed E-state index contributed by atoms with van der Waals surface area (Å²) < 4.78 is 5.50. The second kappa shape index (κ2) is 4.37. The molecular formula is C11H15ClN2O. The minimum atomic E-state index is 0.0179. The molecule has 0 atom stereocenters. The summed E-state index contributed by atoms with van der Waals surface area (Å²) in [6, 6.07) is 5.56. The van der Waals surface area contributed by atoms with Gasteiger partial charge in [-0.15, -0.1) is 0 Å². The Balaban J connectivity index is 1.92. The van der Waals surface area contributed by atoms with E-state index in [2.05, 4.69) is 10.3 Å². The van der Waals surface area contributed by atoms with E-state index < -0.39 is 0 Å². The molecule has 15 heavy (non-hydrogen) atoms. The van der Waals surface area contributed by atoms with Crippen molar-refractivity contribution in [3.63, 3.8) is 0 Å². The van der Waals surface area contributed by atoms with Gasteiger partial charge in [0.25, 0.3) is 0 Å². The van der Waals surface area contributed by atoms with Crippen LogP contribution in [0.4, 0.5) is 5.82 Å². The highest BCUT2D eigenvalue weighted by molar-refractivity contribution is 6.29. The van der Waals surface area contributed by atoms with Crippen LogP contribution in [0.1, 0.15) is 19.3 Å². The molecule has 1 N–H and O–H groups in total. The second-order valence-electron chi connectivity index (χ2n) is 3.94. The normalized spacial score (nSPS) is 18.3. The molecule has 1 fully saturated rings. The van der Waals surface area contributed by atoms with Gasteiger partial charge in [-0.1, -0.05) is 17.7 Å². The molecule has 0 unspecified atom stereocenters. The molecule has 0 bridgehead atoms. The zero-order chi connectivity index (χ0) is 10.7. The van der Waals surface area contributed by atoms with Crippen LogP contribution in [0.3, 0.4) is 0 Å². The first kappa shape index (κ1) is 10.7. The van der Waals surface area contributed by atoms with E-state index in [4.69, 9.17) is 16.3 Å². The van der Waals surface area contributed by atoms with Gasteiger partial charge in [-0.3, -0.25) is 0 Å². The summed E-state index contributed by atoms with van der Waals surface area (Å²) in [6.45, 7) is 0.802. The van der Waals surface area contributed by atoms with Crippen LogP contribution in [-0.4, -0.2) is 24.2 Å². The Bertz CT molecular complexity index is 334. The van der Waals surface area contributed by atoms with Crippen molar-refractivity contribution in [1.29, 1.82) is 0 Å². The van der Waals surface area contributed by atoms with Crippen molar-refractivity contribution in [3.8, 4) is 0 Å². The van der Waals surface area contributed by atoms with Gasteiger partial charge in [0.05, 0.1) is 5.60 Å². The standard InChI is InChI=1S/C11H15ClN2O/c1-15-11(6-3-7-11)8-13-10-5-2-4-9(12)14-10/h2,4-5H,3,6-8H2,1H3,(H,13,14). The summed E-state index contributed by atoms with van der Waals surface area (Å²) in [4.78, 5) is 4.17. The van der Waals surface area contributed by atoms with Crippen LogP contribution in [0.25, 0.3) is 0 Å². The van der Waals surface area contributed by atoms with Crippen LogP contribution in [-0.2, 0) is 4.74 Å². The molecule has 1 aliphatic carbocycles. The van der Waals surface area contributed by atoms with Gasteiger partial charge in [0.1, 0.15) is 11.0 Å². The molecular weight excluding hydrogens is 212 g/mol. The highest BCUT2D eigenvalue weighted by Gasteiger charge is 2.36. The number of hydrogen-bond acceptors (Lipinski definition) is 3. The van der Waals surface area contributed by atoms with Gasteiger partial charge >= 0.3 is 0 Å². The fourth-order valence-electron chi connectivity index (χ4n) is 1.78. The molecule has 0 spiro atoms. The van der Waals surface area contributed by atoms with Gasteiger partial charge in [-0.25, -0.2) is 4.98 Å². The Hall–Kier alpha value is -0.800. The lowest BCUT2D eigenvalue weighted by molar-refractivity contribution is -0.0601. The van der Waals surface area contributed by atoms with Gasteiger partial charge in [0.15, 0.2) is 0 Å². The van der Waals surface area contributed by atoms with Crippen LogP contribution >= 0.6 is 11.6 Å². The predicted octanol–water partition coefficient (Wildman–Crippen LogP) is 2.72. The van der Waals surface area contributed by atoms with Gasteiger partial charge in [-0.05, 0) is 31.4 Å². The first-order valence-corrected chi connectivity index (χ1v) is 5.53. The maximum absolute atomic E-state index is 5.79. The Kier molecular flexibility index (Phi) is 3.12. The largest absolute Gasteiger partial charge is 0.376 e. The number of anilines is 1. The molecule has 1 heterocycles. The number of nitrogens with one attached hydrogen (secondary N) is 1. The topological polar surface area (TPSA) is 34.1 Å². The molecule has 0 radical (unpaired) electrons. The third-order valence-corrected chi connectivity index (χ3v) is 3.22. The van der Waals surface area contributed by atoms with Gasteiger partial charge in [-0.2, -0.15) is 0 Å². The van der Waals surface area contributed by atoms with Crippen molar-refractivity contribution in [1.82, 2.24) is 4.98 Å². The van der Waals surface area contributed by atoms with Crippen LogP contribution in [0.15, 0.2) is 18.2 Å². The van der Waals surface area contributed by atoms with Crippen molar-refractivity contribution in [2.75, 3.05) is 19.0 Å². The average molecular weight is 227 g/mol. The van der Waals surface area contributed by atoms with Gasteiger partial charge in [0.2, 0.25) is 0 Å². The lowest BCUT2D eigenvalue weighted by atomic mass is 9.80. The number of rotatable bonds is 4. The number of methoxy groups -OCH3 is 1. The highest BCUT2D eigenvalue weighted by atomic mass is 35.5. The molecule has 4 heteroatoms. The van der Waals surface area contributed by atoms with Crippen molar-refractivity contribution < 1.29 is 4.74 Å². The van der Waals surface area contributed by atoms with Crippen LogP contribution in [0.2, 0.25) is 5.15 Å². The second-order valence-corrected chi connectivity index (χ2v) is 4.33. The molecule has 1 saturated carbocycles. The molecule has 1 aliphatic rings. The smallest absolute Gasteiger partial charge is 0.131 e. The van der Waals surface area contributed by atoms with Crippen LogP contribution in [0.5, 0.6) is 0 Å². The van der Waals surface area contributed by atoms with Crippen molar-refractivity contribution in [3.05, 3.63) is 23.4 Å². The van der Waals surface area contributed by atoms with Crippen molar-refractivity contribution >= 4 is 17.4 Å². The number of nitrogens with zero attached hydrogens (tertiary/aromatic N) is 1. The molecule has 0 aromatic carbocycles. The van der Waals surface area contributed by atoms with E-state index >= 15 is 0 Å². The van der Waals surface area contributed by atoms with E-state index in [1.54, 1.807) is 13.2 Å². The molecule has 1 aromatic heterocycles. The number of hydrogen-bond donors (Lipinski definition) is 1. The van der Waals surface area contributed by atoms with E-state index in [0.717, 1.165) is 25.2 Å². The first-order valence-electron chi connectivity index (χ1n) is 5.16. The lowest BCUT2D eigenvalue weighted by Gasteiger charge is -2.40. The number of aromatic nitrogens is 1. The molecule has 0 saturated heterocycles. The highest BCUT2D eigenvalue weighted by Crippen LogP contribution is 2.34. The lowest BCUT2D eigenvalue weighted by Crippen LogP contribution is -2.45. The van der Waals surface area contributed by atoms with E-state index in [1.807, 2.05) is 12.1 Å². The Morgan fingerprint density at radius 1 is 1.53 bits per heavy atom. The fraction of sp³-hybridized carbons (Fsp3) is 0.545. The minimum Gasteiger partial charge on any atom is -0.376 e. The number of pyridine rings is 1. The summed E-state index contributed by atoms with van der Waals surface area (Å²) >= 11 is 5.79. The number of ether oxygens (including phenoxy) is 1. The summed E-state index contributed by atoms with van der Waals surface area (Å²) in [5, 5.41) is 3.77. The predicted molar refractivity (Wildman–Crippen MR) is 61.3 cm³/mol. The summed E-state index contributed by atoms with van der Waals surface area (Å²) in [5.41, 5.74) is 0.0179. The Morgan fingerprint density at radius 3 is 2.87 bits per heavy atom. The first-order chi connectivity index (χ1) is 7.24. The van der Waals surface area contributed by atoms with Gasteiger partial charge in [0, 0.05) is 13.7 Å². The van der Waals surface area contributed by atoms with E-state index in [9.17, 15) is 0 Å². The Labute approximate surface area is 94.8 Å². The summed E-state index contributed by atoms with van der Waals surface area (Å²) in [5.74, 6) is 0.811. The summed E-state index contributed by atoms with van der Waals surface area (Å²) in [7, 11) is 1.77. The fourth-order valence-corrected chi connectivity index (χ4v) is 1.95. The summed E-state index contributed by atoms with van der Waals surface area (Å²) in [6.07, 6.45) is 3.49. The molecule has 0 aliphatic heterocycles. The average Bonchev–Trinajstić information content (AvgIpc) is 2.17. The Morgan fingerprint density at radius 2 is 2.33 bits per heavy atom. The molecule has 3 nitrogen and oxygen atoms in total.